The van der Waals surface area contributed by atoms with Gasteiger partial charge in [-0.05, 0) is 31.6 Å². The zero-order chi connectivity index (χ0) is 16.6. The molecular formula is C17H31O4S-. The molecule has 0 radical (unpaired) electrons. The van der Waals surface area contributed by atoms with Gasteiger partial charge in [-0.3, -0.25) is 9.00 Å². The second-order valence-corrected chi connectivity index (χ2v) is 6.80. The van der Waals surface area contributed by atoms with Gasteiger partial charge in [0.25, 0.3) is 0 Å². The Balaban J connectivity index is 3.70. The van der Waals surface area contributed by atoms with Gasteiger partial charge in [-0.25, -0.2) is 0 Å². The standard InChI is InChI=1S/C17H32O4S/c1-2-3-9-12-16(15-22(20)21)13-10-7-5-4-6-8-11-14-17(18)19/h10,13,16H,2-9,11-12,14-15H2,1H3,(H,18,19)(H,20,21)/p-1/b13-10+. The van der Waals surface area contributed by atoms with Crippen molar-refractivity contribution in [1.29, 1.82) is 0 Å². The lowest BCUT2D eigenvalue weighted by Crippen LogP contribution is -2.08. The summed E-state index contributed by atoms with van der Waals surface area (Å²) in [4.78, 5) is 10.4. The molecule has 0 rings (SSSR count). The first-order valence-corrected chi connectivity index (χ1v) is 9.75. The summed E-state index contributed by atoms with van der Waals surface area (Å²) < 4.78 is 21.7. The summed E-state index contributed by atoms with van der Waals surface area (Å²) in [6.07, 6.45) is 14.8. The molecule has 4 nitrogen and oxygen atoms in total. The predicted molar refractivity (Wildman–Crippen MR) is 90.5 cm³/mol. The molecule has 0 spiro atoms. The van der Waals surface area contributed by atoms with Crippen LogP contribution >= 0.6 is 0 Å². The molecule has 0 saturated heterocycles. The maximum Gasteiger partial charge on any atom is 0.303 e. The van der Waals surface area contributed by atoms with Crippen LogP contribution in [0.4, 0.5) is 0 Å². The summed E-state index contributed by atoms with van der Waals surface area (Å²) in [6.45, 7) is 2.15. The van der Waals surface area contributed by atoms with Gasteiger partial charge in [-0.15, -0.1) is 0 Å². The van der Waals surface area contributed by atoms with E-state index in [-0.39, 0.29) is 18.1 Å². The van der Waals surface area contributed by atoms with Gasteiger partial charge in [0, 0.05) is 12.2 Å². The van der Waals surface area contributed by atoms with Crippen LogP contribution in [0.1, 0.15) is 77.6 Å². The van der Waals surface area contributed by atoms with Crippen molar-refractivity contribution in [2.24, 2.45) is 5.92 Å². The molecule has 0 aromatic rings. The molecule has 1 N–H and O–H groups in total. The van der Waals surface area contributed by atoms with Gasteiger partial charge in [-0.2, -0.15) is 0 Å². The van der Waals surface area contributed by atoms with E-state index in [1.807, 2.05) is 0 Å². The fourth-order valence-electron chi connectivity index (χ4n) is 2.42. The van der Waals surface area contributed by atoms with Crippen molar-refractivity contribution >= 4 is 17.0 Å². The highest BCUT2D eigenvalue weighted by molar-refractivity contribution is 7.79. The fraction of sp³-hybridized carbons (Fsp3) is 0.824. The Morgan fingerprint density at radius 3 is 2.45 bits per heavy atom. The van der Waals surface area contributed by atoms with Crippen LogP contribution in [0.2, 0.25) is 0 Å². The van der Waals surface area contributed by atoms with E-state index in [2.05, 4.69) is 19.1 Å². The van der Waals surface area contributed by atoms with E-state index < -0.39 is 17.0 Å². The summed E-state index contributed by atoms with van der Waals surface area (Å²) in [6, 6.07) is 0. The van der Waals surface area contributed by atoms with Crippen LogP contribution in [-0.2, 0) is 15.9 Å². The molecule has 0 bridgehead atoms. The number of unbranched alkanes of at least 4 members (excludes halogenated alkanes) is 7. The number of carboxylic acids is 1. The number of carbonyl (C=O) groups is 1. The average Bonchev–Trinajstić information content (AvgIpc) is 2.44. The summed E-state index contributed by atoms with van der Waals surface area (Å²) in [5.74, 6) is -0.330. The second-order valence-electron chi connectivity index (χ2n) is 5.85. The minimum absolute atomic E-state index is 0.153. The van der Waals surface area contributed by atoms with Gasteiger partial charge in [0.2, 0.25) is 0 Å². The Hall–Kier alpha value is -0.680. The van der Waals surface area contributed by atoms with Crippen molar-refractivity contribution in [1.82, 2.24) is 0 Å². The Morgan fingerprint density at radius 2 is 1.82 bits per heavy atom. The lowest BCUT2D eigenvalue weighted by atomic mass is 10.0. The number of hydrogen-bond acceptors (Lipinski definition) is 3. The topological polar surface area (TPSA) is 77.4 Å². The maximum absolute atomic E-state index is 10.9. The second kappa shape index (κ2) is 15.2. The van der Waals surface area contributed by atoms with Crippen LogP contribution < -0.4 is 0 Å². The molecule has 2 unspecified atom stereocenters. The first kappa shape index (κ1) is 21.3. The van der Waals surface area contributed by atoms with Crippen molar-refractivity contribution in [3.05, 3.63) is 12.2 Å². The molecule has 0 aliphatic carbocycles. The monoisotopic (exact) mass is 331 g/mol. The molecule has 130 valence electrons. The highest BCUT2D eigenvalue weighted by Gasteiger charge is 2.04. The van der Waals surface area contributed by atoms with Crippen LogP contribution in [-0.4, -0.2) is 25.6 Å². The molecule has 2 atom stereocenters. The number of allylic oxidation sites excluding steroid dienone is 2. The van der Waals surface area contributed by atoms with Crippen molar-refractivity contribution in [2.75, 3.05) is 5.75 Å². The lowest BCUT2D eigenvalue weighted by Gasteiger charge is -2.14. The van der Waals surface area contributed by atoms with E-state index in [0.717, 1.165) is 64.2 Å². The molecule has 22 heavy (non-hydrogen) atoms. The highest BCUT2D eigenvalue weighted by Crippen LogP contribution is 2.14. The third-order valence-electron chi connectivity index (χ3n) is 3.70. The van der Waals surface area contributed by atoms with Gasteiger partial charge in [-0.1, -0.05) is 68.7 Å². The van der Waals surface area contributed by atoms with Crippen LogP contribution in [0.5, 0.6) is 0 Å². The fourth-order valence-corrected chi connectivity index (χ4v) is 3.05. The third kappa shape index (κ3) is 15.7. The largest absolute Gasteiger partial charge is 0.772 e. The van der Waals surface area contributed by atoms with Gasteiger partial charge in [0.1, 0.15) is 0 Å². The van der Waals surface area contributed by atoms with Crippen molar-refractivity contribution in [2.45, 2.75) is 77.6 Å². The van der Waals surface area contributed by atoms with Crippen LogP contribution in [0.3, 0.4) is 0 Å². The molecule has 0 aromatic carbocycles. The van der Waals surface area contributed by atoms with Crippen molar-refractivity contribution in [3.8, 4) is 0 Å². The van der Waals surface area contributed by atoms with E-state index in [0.29, 0.717) is 0 Å². The Labute approximate surface area is 137 Å². The van der Waals surface area contributed by atoms with Crippen molar-refractivity contribution < 1.29 is 18.7 Å². The molecule has 0 aliphatic rings. The number of rotatable bonds is 15. The number of hydrogen-bond donors (Lipinski definition) is 1. The Morgan fingerprint density at radius 1 is 1.14 bits per heavy atom. The zero-order valence-corrected chi connectivity index (χ0v) is 14.6. The SMILES string of the molecule is CCCCCC(/C=C/CCCCCCCC(=O)O)CS(=O)[O-]. The summed E-state index contributed by atoms with van der Waals surface area (Å²) in [5, 5.41) is 8.52. The number of aliphatic carboxylic acids is 1. The third-order valence-corrected chi connectivity index (χ3v) is 4.40. The molecule has 0 saturated carbocycles. The van der Waals surface area contributed by atoms with E-state index in [4.69, 9.17) is 5.11 Å². The minimum Gasteiger partial charge on any atom is -0.772 e. The molecule has 0 heterocycles. The highest BCUT2D eigenvalue weighted by atomic mass is 32.2. The van der Waals surface area contributed by atoms with Gasteiger partial charge >= 0.3 is 5.97 Å². The zero-order valence-electron chi connectivity index (χ0n) is 13.8. The lowest BCUT2D eigenvalue weighted by molar-refractivity contribution is -0.137. The quantitative estimate of drug-likeness (QED) is 0.273. The summed E-state index contributed by atoms with van der Waals surface area (Å²) in [7, 11) is 0. The molecule has 0 aromatic heterocycles. The Bertz CT molecular complexity index is 329. The van der Waals surface area contributed by atoms with Gasteiger partial charge in [0.05, 0.1) is 0 Å². The van der Waals surface area contributed by atoms with Crippen LogP contribution in [0.15, 0.2) is 12.2 Å². The van der Waals surface area contributed by atoms with E-state index >= 15 is 0 Å². The van der Waals surface area contributed by atoms with Crippen LogP contribution in [0.25, 0.3) is 0 Å². The first-order chi connectivity index (χ1) is 10.6. The first-order valence-electron chi connectivity index (χ1n) is 8.50. The molecule has 0 aliphatic heterocycles. The smallest absolute Gasteiger partial charge is 0.303 e. The average molecular weight is 331 g/mol. The molecule has 0 fully saturated rings. The Kier molecular flexibility index (Phi) is 14.8. The summed E-state index contributed by atoms with van der Waals surface area (Å²) >= 11 is -1.97. The minimum atomic E-state index is -1.97. The van der Waals surface area contributed by atoms with E-state index in [1.165, 1.54) is 0 Å². The molecule has 0 amide bonds. The van der Waals surface area contributed by atoms with Gasteiger partial charge < -0.3 is 9.66 Å². The summed E-state index contributed by atoms with van der Waals surface area (Å²) in [5.41, 5.74) is 0. The van der Waals surface area contributed by atoms with Gasteiger partial charge in [0.15, 0.2) is 0 Å². The van der Waals surface area contributed by atoms with Crippen molar-refractivity contribution in [3.63, 3.8) is 0 Å². The molecular weight excluding hydrogens is 300 g/mol. The maximum atomic E-state index is 10.9. The number of carboxylic acid groups (broad SMARTS) is 1. The predicted octanol–water partition coefficient (Wildman–Crippen LogP) is 4.43. The normalized spacial score (nSPS) is 14.3. The van der Waals surface area contributed by atoms with E-state index in [1.54, 1.807) is 0 Å². The van der Waals surface area contributed by atoms with E-state index in [9.17, 15) is 13.6 Å². The van der Waals surface area contributed by atoms with Crippen LogP contribution in [0, 0.1) is 5.92 Å². The molecule has 5 heteroatoms.